The molecule has 0 radical (unpaired) electrons. The largest absolute Gasteiger partial charge is 0.492 e. The number of carbonyl (C=O) groups is 1. The molecule has 18 heavy (non-hydrogen) atoms. The van der Waals surface area contributed by atoms with E-state index in [2.05, 4.69) is 5.32 Å². The minimum absolute atomic E-state index is 0.143. The van der Waals surface area contributed by atoms with Gasteiger partial charge in [0, 0.05) is 12.7 Å². The molecule has 98 valence electrons. The minimum Gasteiger partial charge on any atom is -0.492 e. The third-order valence-corrected chi connectivity index (χ3v) is 2.95. The van der Waals surface area contributed by atoms with Crippen LogP contribution in [0, 0.1) is 0 Å². The second kappa shape index (κ2) is 5.84. The lowest BCUT2D eigenvalue weighted by molar-refractivity contribution is -0.124. The molecule has 5 nitrogen and oxygen atoms in total. The van der Waals surface area contributed by atoms with Crippen LogP contribution < -0.4 is 10.1 Å². The minimum atomic E-state index is -0.379. The molecule has 2 N–H and O–H groups in total. The lowest BCUT2D eigenvalue weighted by atomic mass is 10.0. The summed E-state index contributed by atoms with van der Waals surface area (Å²) in [5, 5.41) is 11.9. The predicted molar refractivity (Wildman–Crippen MR) is 65.6 cm³/mol. The van der Waals surface area contributed by atoms with Gasteiger partial charge in [-0.3, -0.25) is 4.79 Å². The first-order valence-corrected chi connectivity index (χ1v) is 5.88. The highest BCUT2D eigenvalue weighted by Gasteiger charge is 2.30. The predicted octanol–water partition coefficient (Wildman–Crippen LogP) is 0.286. The van der Waals surface area contributed by atoms with Gasteiger partial charge in [0.25, 0.3) is 0 Å². The van der Waals surface area contributed by atoms with Crippen molar-refractivity contribution in [2.75, 3.05) is 26.9 Å². The summed E-state index contributed by atoms with van der Waals surface area (Å²) in [7, 11) is 1.53. The van der Waals surface area contributed by atoms with E-state index in [-0.39, 0.29) is 31.1 Å². The van der Waals surface area contributed by atoms with Crippen molar-refractivity contribution in [3.63, 3.8) is 0 Å². The Labute approximate surface area is 106 Å². The number of hydrogen-bond donors (Lipinski definition) is 2. The van der Waals surface area contributed by atoms with Crippen LogP contribution in [0.1, 0.15) is 11.5 Å². The van der Waals surface area contributed by atoms with Gasteiger partial charge in [-0.2, -0.15) is 0 Å². The van der Waals surface area contributed by atoms with E-state index in [4.69, 9.17) is 14.6 Å². The van der Waals surface area contributed by atoms with Crippen molar-refractivity contribution in [1.82, 2.24) is 5.32 Å². The van der Waals surface area contributed by atoms with Gasteiger partial charge < -0.3 is 19.9 Å². The van der Waals surface area contributed by atoms with Crippen molar-refractivity contribution < 1.29 is 19.4 Å². The standard InChI is InChI=1S/C13H17NO4/c1-17-7-9(6-15)14-13(16)11-8-18-12-5-3-2-4-10(11)12/h2-5,9,11,15H,6-8H2,1H3,(H,14,16). The van der Waals surface area contributed by atoms with E-state index >= 15 is 0 Å². The van der Waals surface area contributed by atoms with Crippen LogP contribution in [-0.4, -0.2) is 44.0 Å². The number of carbonyl (C=O) groups excluding carboxylic acids is 1. The van der Waals surface area contributed by atoms with Crippen molar-refractivity contribution in [2.45, 2.75) is 12.0 Å². The first-order valence-electron chi connectivity index (χ1n) is 5.88. The highest BCUT2D eigenvalue weighted by Crippen LogP contribution is 2.33. The molecule has 5 heteroatoms. The van der Waals surface area contributed by atoms with Crippen LogP contribution in [0.25, 0.3) is 0 Å². The third kappa shape index (κ3) is 2.63. The summed E-state index contributed by atoms with van der Waals surface area (Å²) in [5.74, 6) is 0.299. The number of aliphatic hydroxyl groups is 1. The Balaban J connectivity index is 2.03. The van der Waals surface area contributed by atoms with Gasteiger partial charge in [-0.05, 0) is 6.07 Å². The van der Waals surface area contributed by atoms with E-state index in [1.807, 2.05) is 24.3 Å². The quantitative estimate of drug-likeness (QED) is 0.789. The number of benzene rings is 1. The maximum Gasteiger partial charge on any atom is 0.231 e. The molecule has 0 bridgehead atoms. The first kappa shape index (κ1) is 12.9. The fraction of sp³-hybridized carbons (Fsp3) is 0.462. The number of para-hydroxylation sites is 1. The van der Waals surface area contributed by atoms with Crippen molar-refractivity contribution in [3.05, 3.63) is 29.8 Å². The lowest BCUT2D eigenvalue weighted by Gasteiger charge is -2.17. The zero-order valence-corrected chi connectivity index (χ0v) is 10.3. The monoisotopic (exact) mass is 251 g/mol. The molecule has 2 rings (SSSR count). The maximum absolute atomic E-state index is 12.1. The van der Waals surface area contributed by atoms with Gasteiger partial charge in [0.2, 0.25) is 5.91 Å². The van der Waals surface area contributed by atoms with Crippen LogP contribution in [0.15, 0.2) is 24.3 Å². The zero-order valence-electron chi connectivity index (χ0n) is 10.3. The molecular weight excluding hydrogens is 234 g/mol. The molecule has 1 amide bonds. The van der Waals surface area contributed by atoms with Gasteiger partial charge in [-0.1, -0.05) is 18.2 Å². The number of aliphatic hydroxyl groups excluding tert-OH is 1. The molecule has 1 aromatic rings. The van der Waals surface area contributed by atoms with E-state index in [0.717, 1.165) is 11.3 Å². The average Bonchev–Trinajstić information content (AvgIpc) is 2.82. The Kier molecular flexibility index (Phi) is 4.17. The Morgan fingerprint density at radius 3 is 3.11 bits per heavy atom. The van der Waals surface area contributed by atoms with Gasteiger partial charge in [-0.25, -0.2) is 0 Å². The lowest BCUT2D eigenvalue weighted by Crippen LogP contribution is -2.43. The van der Waals surface area contributed by atoms with E-state index in [1.54, 1.807) is 0 Å². The summed E-state index contributed by atoms with van der Waals surface area (Å²) in [6.45, 7) is 0.489. The molecule has 1 aliphatic heterocycles. The third-order valence-electron chi connectivity index (χ3n) is 2.95. The highest BCUT2D eigenvalue weighted by atomic mass is 16.5. The molecule has 1 aromatic carbocycles. The van der Waals surface area contributed by atoms with Crippen LogP contribution in [0.3, 0.4) is 0 Å². The van der Waals surface area contributed by atoms with Gasteiger partial charge in [0.15, 0.2) is 0 Å². The number of amides is 1. The van der Waals surface area contributed by atoms with E-state index in [0.29, 0.717) is 6.61 Å². The van der Waals surface area contributed by atoms with E-state index in [1.165, 1.54) is 7.11 Å². The van der Waals surface area contributed by atoms with Crippen LogP contribution in [0.4, 0.5) is 0 Å². The molecule has 0 aliphatic carbocycles. The Hall–Kier alpha value is -1.59. The van der Waals surface area contributed by atoms with Crippen LogP contribution >= 0.6 is 0 Å². The topological polar surface area (TPSA) is 67.8 Å². The highest BCUT2D eigenvalue weighted by molar-refractivity contribution is 5.85. The number of fused-ring (bicyclic) bond motifs is 1. The Bertz CT molecular complexity index is 421. The summed E-state index contributed by atoms with van der Waals surface area (Å²) in [5.41, 5.74) is 0.893. The summed E-state index contributed by atoms with van der Waals surface area (Å²) < 4.78 is 10.4. The zero-order chi connectivity index (χ0) is 13.0. The first-order chi connectivity index (χ1) is 8.76. The molecule has 0 saturated carbocycles. The molecule has 0 aromatic heterocycles. The maximum atomic E-state index is 12.1. The summed E-state index contributed by atoms with van der Waals surface area (Å²) in [6.07, 6.45) is 0. The van der Waals surface area contributed by atoms with Crippen molar-refractivity contribution in [1.29, 1.82) is 0 Å². The van der Waals surface area contributed by atoms with Crippen molar-refractivity contribution >= 4 is 5.91 Å². The molecule has 2 atom stereocenters. The molecule has 2 unspecified atom stereocenters. The van der Waals surface area contributed by atoms with Crippen LogP contribution in [0.2, 0.25) is 0 Å². The number of rotatable bonds is 5. The van der Waals surface area contributed by atoms with Gasteiger partial charge in [0.05, 0.1) is 19.3 Å². The van der Waals surface area contributed by atoms with Gasteiger partial charge in [-0.15, -0.1) is 0 Å². The van der Waals surface area contributed by atoms with Gasteiger partial charge in [0.1, 0.15) is 18.3 Å². The van der Waals surface area contributed by atoms with E-state index < -0.39 is 0 Å². The summed E-state index contributed by atoms with van der Waals surface area (Å²) >= 11 is 0. The fourth-order valence-electron chi connectivity index (χ4n) is 2.02. The van der Waals surface area contributed by atoms with Crippen molar-refractivity contribution in [3.8, 4) is 5.75 Å². The summed E-state index contributed by atoms with van der Waals surface area (Å²) in [6, 6.07) is 7.11. The molecule has 0 fully saturated rings. The molecule has 1 aliphatic rings. The van der Waals surface area contributed by atoms with E-state index in [9.17, 15) is 4.79 Å². The van der Waals surface area contributed by atoms with Crippen molar-refractivity contribution in [2.24, 2.45) is 0 Å². The second-order valence-corrected chi connectivity index (χ2v) is 4.24. The number of nitrogens with one attached hydrogen (secondary N) is 1. The molecule has 1 heterocycles. The number of ether oxygens (including phenoxy) is 2. The average molecular weight is 251 g/mol. The number of methoxy groups -OCH3 is 1. The summed E-state index contributed by atoms with van der Waals surface area (Å²) in [4.78, 5) is 12.1. The Morgan fingerprint density at radius 2 is 2.39 bits per heavy atom. The van der Waals surface area contributed by atoms with Crippen LogP contribution in [0.5, 0.6) is 5.75 Å². The molecular formula is C13H17NO4. The number of hydrogen-bond acceptors (Lipinski definition) is 4. The SMILES string of the molecule is COCC(CO)NC(=O)C1COc2ccccc21. The fourth-order valence-corrected chi connectivity index (χ4v) is 2.02. The second-order valence-electron chi connectivity index (χ2n) is 4.24. The smallest absolute Gasteiger partial charge is 0.231 e. The normalized spacial score (nSPS) is 18.9. The molecule has 0 spiro atoms. The van der Waals surface area contributed by atoms with Gasteiger partial charge >= 0.3 is 0 Å². The van der Waals surface area contributed by atoms with Crippen LogP contribution in [-0.2, 0) is 9.53 Å². The Morgan fingerprint density at radius 1 is 1.61 bits per heavy atom. The molecule has 0 saturated heterocycles.